The predicted molar refractivity (Wildman–Crippen MR) is 107 cm³/mol. The van der Waals surface area contributed by atoms with Crippen LogP contribution in [0.5, 0.6) is 5.75 Å². The van der Waals surface area contributed by atoms with Crippen LogP contribution in [0.25, 0.3) is 22.3 Å². The molecule has 0 radical (unpaired) electrons. The Bertz CT molecular complexity index is 1100. The number of benzene rings is 2. The van der Waals surface area contributed by atoms with Gasteiger partial charge < -0.3 is 4.74 Å². The lowest BCUT2D eigenvalue weighted by Crippen LogP contribution is -1.99. The van der Waals surface area contributed by atoms with Crippen LogP contribution in [0, 0.1) is 0 Å². The van der Waals surface area contributed by atoms with Crippen molar-refractivity contribution in [1.29, 1.82) is 0 Å². The Morgan fingerprint density at radius 3 is 2.78 bits per heavy atom. The molecular weight excluding hydrogens is 338 g/mol. The first-order valence-electron chi connectivity index (χ1n) is 8.44. The number of fused-ring (bicyclic) bond motifs is 1. The molecule has 0 fully saturated rings. The summed E-state index contributed by atoms with van der Waals surface area (Å²) in [7, 11) is 1.64. The molecule has 1 N–H and O–H groups in total. The lowest BCUT2D eigenvalue weighted by atomic mass is 10.2. The average molecular weight is 355 g/mol. The van der Waals surface area contributed by atoms with Gasteiger partial charge in [-0.05, 0) is 42.0 Å². The van der Waals surface area contributed by atoms with Crippen LogP contribution in [0.3, 0.4) is 0 Å². The molecule has 2 aromatic heterocycles. The summed E-state index contributed by atoms with van der Waals surface area (Å²) in [6.45, 7) is 0. The number of anilines is 1. The Kier molecular flexibility index (Phi) is 4.70. The van der Waals surface area contributed by atoms with Crippen LogP contribution in [-0.4, -0.2) is 28.3 Å². The van der Waals surface area contributed by atoms with Gasteiger partial charge in [-0.25, -0.2) is 9.97 Å². The summed E-state index contributed by atoms with van der Waals surface area (Å²) in [5.41, 5.74) is 5.65. The molecule has 0 unspecified atom stereocenters. The lowest BCUT2D eigenvalue weighted by molar-refractivity contribution is 0.415. The zero-order valence-electron chi connectivity index (χ0n) is 14.7. The SMILES string of the molecule is COc1cccc(/C=N\Nc2nc(-c3cccnc3)nc3ccccc23)c1. The first-order valence-corrected chi connectivity index (χ1v) is 8.44. The van der Waals surface area contributed by atoms with E-state index in [1.54, 1.807) is 25.7 Å². The van der Waals surface area contributed by atoms with Crippen LogP contribution in [0.2, 0.25) is 0 Å². The van der Waals surface area contributed by atoms with Crippen molar-refractivity contribution >= 4 is 22.9 Å². The monoisotopic (exact) mass is 355 g/mol. The molecule has 0 amide bonds. The number of rotatable bonds is 5. The van der Waals surface area contributed by atoms with Crippen molar-refractivity contribution in [3.8, 4) is 17.1 Å². The summed E-state index contributed by atoms with van der Waals surface area (Å²) in [5, 5.41) is 5.23. The molecule has 0 saturated carbocycles. The van der Waals surface area contributed by atoms with Gasteiger partial charge in [-0.3, -0.25) is 10.4 Å². The third-order valence-corrected chi connectivity index (χ3v) is 4.00. The number of aromatic nitrogens is 3. The van der Waals surface area contributed by atoms with Gasteiger partial charge in [0, 0.05) is 23.3 Å². The van der Waals surface area contributed by atoms with Crippen LogP contribution >= 0.6 is 0 Å². The van der Waals surface area contributed by atoms with E-state index in [1.807, 2.05) is 60.7 Å². The van der Waals surface area contributed by atoms with Crippen molar-refractivity contribution in [3.63, 3.8) is 0 Å². The minimum atomic E-state index is 0.598. The topological polar surface area (TPSA) is 72.3 Å². The number of para-hydroxylation sites is 1. The maximum atomic E-state index is 5.23. The molecule has 4 aromatic rings. The molecule has 27 heavy (non-hydrogen) atoms. The molecule has 4 rings (SSSR count). The second kappa shape index (κ2) is 7.61. The second-order valence-corrected chi connectivity index (χ2v) is 5.80. The van der Waals surface area contributed by atoms with E-state index in [1.165, 1.54) is 0 Å². The second-order valence-electron chi connectivity index (χ2n) is 5.80. The van der Waals surface area contributed by atoms with Crippen molar-refractivity contribution in [1.82, 2.24) is 15.0 Å². The summed E-state index contributed by atoms with van der Waals surface area (Å²) in [6.07, 6.45) is 5.19. The Hall–Kier alpha value is -3.80. The molecule has 0 spiro atoms. The van der Waals surface area contributed by atoms with E-state index < -0.39 is 0 Å². The zero-order chi connectivity index (χ0) is 18.5. The lowest BCUT2D eigenvalue weighted by Gasteiger charge is -2.08. The van der Waals surface area contributed by atoms with E-state index in [2.05, 4.69) is 25.5 Å². The van der Waals surface area contributed by atoms with Gasteiger partial charge in [0.25, 0.3) is 0 Å². The highest BCUT2D eigenvalue weighted by Gasteiger charge is 2.08. The third-order valence-electron chi connectivity index (χ3n) is 4.00. The van der Waals surface area contributed by atoms with Gasteiger partial charge in [-0.2, -0.15) is 5.10 Å². The van der Waals surface area contributed by atoms with Crippen molar-refractivity contribution in [2.45, 2.75) is 0 Å². The largest absolute Gasteiger partial charge is 0.497 e. The van der Waals surface area contributed by atoms with E-state index in [4.69, 9.17) is 4.74 Å². The third kappa shape index (κ3) is 3.74. The quantitative estimate of drug-likeness (QED) is 0.430. The molecule has 0 aliphatic heterocycles. The summed E-state index contributed by atoms with van der Waals surface area (Å²) >= 11 is 0. The molecule has 0 aliphatic carbocycles. The van der Waals surface area contributed by atoms with Crippen molar-refractivity contribution < 1.29 is 4.74 Å². The number of nitrogens with zero attached hydrogens (tertiary/aromatic N) is 4. The normalized spacial score (nSPS) is 11.0. The highest BCUT2D eigenvalue weighted by Crippen LogP contribution is 2.24. The Morgan fingerprint density at radius 2 is 1.93 bits per heavy atom. The van der Waals surface area contributed by atoms with Crippen LogP contribution in [0.15, 0.2) is 78.2 Å². The minimum absolute atomic E-state index is 0.598. The number of methoxy groups -OCH3 is 1. The number of hydrogen-bond acceptors (Lipinski definition) is 6. The van der Waals surface area contributed by atoms with Crippen LogP contribution in [0.1, 0.15) is 5.56 Å². The van der Waals surface area contributed by atoms with Gasteiger partial charge >= 0.3 is 0 Å². The molecule has 2 heterocycles. The fourth-order valence-electron chi connectivity index (χ4n) is 2.68. The van der Waals surface area contributed by atoms with Gasteiger partial charge in [0.1, 0.15) is 5.75 Å². The number of pyridine rings is 1. The first-order chi connectivity index (χ1) is 13.3. The number of hydrogen-bond donors (Lipinski definition) is 1. The smallest absolute Gasteiger partial charge is 0.163 e. The molecule has 0 atom stereocenters. The molecule has 0 aliphatic rings. The highest BCUT2D eigenvalue weighted by atomic mass is 16.5. The maximum Gasteiger partial charge on any atom is 0.163 e. The van der Waals surface area contributed by atoms with Crippen molar-refractivity contribution in [3.05, 3.63) is 78.6 Å². The number of hydrazone groups is 1. The van der Waals surface area contributed by atoms with Crippen LogP contribution < -0.4 is 10.2 Å². The van der Waals surface area contributed by atoms with Crippen LogP contribution in [-0.2, 0) is 0 Å². The van der Waals surface area contributed by atoms with Gasteiger partial charge in [0.15, 0.2) is 11.6 Å². The predicted octanol–water partition coefficient (Wildman–Crippen LogP) is 4.15. The Morgan fingerprint density at radius 1 is 1.00 bits per heavy atom. The van der Waals surface area contributed by atoms with E-state index in [0.717, 1.165) is 27.8 Å². The molecule has 0 bridgehead atoms. The Balaban J connectivity index is 1.68. The zero-order valence-corrected chi connectivity index (χ0v) is 14.7. The van der Waals surface area contributed by atoms with E-state index in [-0.39, 0.29) is 0 Å². The maximum absolute atomic E-state index is 5.23. The number of ether oxygens (including phenoxy) is 1. The van der Waals surface area contributed by atoms with Crippen molar-refractivity contribution in [2.75, 3.05) is 12.5 Å². The average Bonchev–Trinajstić information content (AvgIpc) is 2.74. The summed E-state index contributed by atoms with van der Waals surface area (Å²) in [5.74, 6) is 2.02. The highest BCUT2D eigenvalue weighted by molar-refractivity contribution is 5.91. The van der Waals surface area contributed by atoms with Gasteiger partial charge in [0.05, 0.1) is 18.8 Å². The fourth-order valence-corrected chi connectivity index (χ4v) is 2.68. The molecule has 132 valence electrons. The molecule has 2 aromatic carbocycles. The van der Waals surface area contributed by atoms with Gasteiger partial charge in [-0.15, -0.1) is 0 Å². The van der Waals surface area contributed by atoms with E-state index in [0.29, 0.717) is 11.6 Å². The molecule has 6 nitrogen and oxygen atoms in total. The minimum Gasteiger partial charge on any atom is -0.497 e. The Labute approximate surface area is 156 Å². The first kappa shape index (κ1) is 16.7. The molecular formula is C21H17N5O. The van der Waals surface area contributed by atoms with Gasteiger partial charge in [0.2, 0.25) is 0 Å². The summed E-state index contributed by atoms with van der Waals surface area (Å²) in [4.78, 5) is 13.4. The van der Waals surface area contributed by atoms with Crippen LogP contribution in [0.4, 0.5) is 5.82 Å². The van der Waals surface area contributed by atoms with Gasteiger partial charge in [-0.1, -0.05) is 24.3 Å². The number of nitrogens with one attached hydrogen (secondary N) is 1. The summed E-state index contributed by atoms with van der Waals surface area (Å²) < 4.78 is 5.23. The van der Waals surface area contributed by atoms with E-state index >= 15 is 0 Å². The summed E-state index contributed by atoms with van der Waals surface area (Å²) in [6, 6.07) is 19.3. The van der Waals surface area contributed by atoms with Crippen molar-refractivity contribution in [2.24, 2.45) is 5.10 Å². The molecule has 6 heteroatoms. The molecule has 0 saturated heterocycles. The fraction of sp³-hybridized carbons (Fsp3) is 0.0476. The van der Waals surface area contributed by atoms with E-state index in [9.17, 15) is 0 Å². The standard InChI is InChI=1S/C21H17N5O/c1-27-17-8-4-6-15(12-17)13-23-26-21-18-9-2-3-10-19(18)24-20(25-21)16-7-5-11-22-14-16/h2-14H,1H3,(H,24,25,26)/b23-13-.